The highest BCUT2D eigenvalue weighted by atomic mass is 16.1. The van der Waals surface area contributed by atoms with Gasteiger partial charge in [-0.1, -0.05) is 30.3 Å². The van der Waals surface area contributed by atoms with Crippen molar-refractivity contribution in [3.63, 3.8) is 0 Å². The molecular weight excluding hydrogens is 324 g/mol. The Morgan fingerprint density at radius 2 is 1.92 bits per heavy atom. The van der Waals surface area contributed by atoms with Crippen LogP contribution in [0.2, 0.25) is 0 Å². The van der Waals surface area contributed by atoms with Gasteiger partial charge in [-0.05, 0) is 56.4 Å². The Hall–Kier alpha value is -2.04. The van der Waals surface area contributed by atoms with Crippen LogP contribution >= 0.6 is 0 Å². The summed E-state index contributed by atoms with van der Waals surface area (Å²) in [6, 6.07) is 11.2. The maximum absolute atomic E-state index is 11.3. The minimum atomic E-state index is 0.153. The van der Waals surface area contributed by atoms with E-state index in [-0.39, 0.29) is 11.9 Å². The lowest BCUT2D eigenvalue weighted by Gasteiger charge is -2.29. The average Bonchev–Trinajstić information content (AvgIpc) is 2.69. The molecule has 1 aliphatic heterocycles. The van der Waals surface area contributed by atoms with Crippen LogP contribution in [0.15, 0.2) is 35.3 Å². The van der Waals surface area contributed by atoms with Crippen LogP contribution in [0.25, 0.3) is 0 Å². The molecule has 1 saturated carbocycles. The molecule has 1 unspecified atom stereocenters. The number of amides is 1. The number of carbonyl (C=O) groups is 1. The molecule has 1 aliphatic carbocycles. The molecule has 142 valence electrons. The zero-order chi connectivity index (χ0) is 18.2. The molecule has 1 aromatic rings. The van der Waals surface area contributed by atoms with E-state index in [1.54, 1.807) is 0 Å². The smallest absolute Gasteiger partial charge is 0.220 e. The zero-order valence-electron chi connectivity index (χ0n) is 15.8. The van der Waals surface area contributed by atoms with Gasteiger partial charge in [-0.25, -0.2) is 0 Å². The number of piperidine rings is 1. The van der Waals surface area contributed by atoms with Gasteiger partial charge in [0.05, 0.1) is 0 Å². The van der Waals surface area contributed by atoms with E-state index in [4.69, 9.17) is 4.99 Å². The standard InChI is InChI=1S/C21H32N4O/c1-2-22-21(25-19-12-13-20(26)23-15-19)24-14-16-8-10-18(11-9-16)17-6-4-3-5-7-17/h3-7,16,18-19H,2,8-15H2,1H3,(H,23,26)(H2,22,24,25). The highest BCUT2D eigenvalue weighted by Crippen LogP contribution is 2.35. The summed E-state index contributed by atoms with van der Waals surface area (Å²) in [6.07, 6.45) is 6.51. The summed E-state index contributed by atoms with van der Waals surface area (Å²) in [4.78, 5) is 16.1. The summed E-state index contributed by atoms with van der Waals surface area (Å²) < 4.78 is 0. The van der Waals surface area contributed by atoms with Crippen LogP contribution in [0.3, 0.4) is 0 Å². The van der Waals surface area contributed by atoms with Crippen molar-refractivity contribution in [3.05, 3.63) is 35.9 Å². The van der Waals surface area contributed by atoms with Crippen molar-refractivity contribution in [3.8, 4) is 0 Å². The zero-order valence-corrected chi connectivity index (χ0v) is 15.8. The Morgan fingerprint density at radius 1 is 1.15 bits per heavy atom. The first-order valence-electron chi connectivity index (χ1n) is 10.1. The number of rotatable bonds is 5. The number of nitrogens with zero attached hydrogens (tertiary/aromatic N) is 1. The first kappa shape index (κ1) is 18.7. The van der Waals surface area contributed by atoms with E-state index in [1.807, 2.05) is 0 Å². The van der Waals surface area contributed by atoms with E-state index < -0.39 is 0 Å². The molecule has 1 amide bonds. The number of aliphatic imine (C=N–C) groups is 1. The second-order valence-corrected chi connectivity index (χ2v) is 7.53. The summed E-state index contributed by atoms with van der Waals surface area (Å²) >= 11 is 0. The van der Waals surface area contributed by atoms with Gasteiger partial charge in [0.15, 0.2) is 5.96 Å². The van der Waals surface area contributed by atoms with Crippen molar-refractivity contribution in [1.82, 2.24) is 16.0 Å². The molecule has 5 heteroatoms. The summed E-state index contributed by atoms with van der Waals surface area (Å²) in [6.45, 7) is 4.51. The molecule has 1 heterocycles. The molecular formula is C21H32N4O. The van der Waals surface area contributed by atoms with E-state index in [2.05, 4.69) is 53.2 Å². The molecule has 1 aromatic carbocycles. The van der Waals surface area contributed by atoms with E-state index in [9.17, 15) is 4.79 Å². The van der Waals surface area contributed by atoms with Crippen molar-refractivity contribution in [2.75, 3.05) is 19.6 Å². The van der Waals surface area contributed by atoms with Crippen LogP contribution in [0.5, 0.6) is 0 Å². The van der Waals surface area contributed by atoms with E-state index in [0.717, 1.165) is 25.5 Å². The van der Waals surface area contributed by atoms with Crippen molar-refractivity contribution in [1.29, 1.82) is 0 Å². The summed E-state index contributed by atoms with van der Waals surface area (Å²) in [5.41, 5.74) is 1.49. The lowest BCUT2D eigenvalue weighted by atomic mass is 9.79. The average molecular weight is 357 g/mol. The minimum Gasteiger partial charge on any atom is -0.357 e. The van der Waals surface area contributed by atoms with Gasteiger partial charge in [0.25, 0.3) is 0 Å². The molecule has 1 saturated heterocycles. The SMILES string of the molecule is CCNC(=NCC1CCC(c2ccccc2)CC1)NC1CCC(=O)NC1. The minimum absolute atomic E-state index is 0.153. The van der Waals surface area contributed by atoms with E-state index in [0.29, 0.717) is 24.8 Å². The normalized spacial score (nSPS) is 26.9. The second-order valence-electron chi connectivity index (χ2n) is 7.53. The van der Waals surface area contributed by atoms with Gasteiger partial charge in [0, 0.05) is 32.1 Å². The van der Waals surface area contributed by atoms with Crippen LogP contribution in [-0.2, 0) is 4.79 Å². The van der Waals surface area contributed by atoms with Crippen LogP contribution in [0.4, 0.5) is 0 Å². The largest absolute Gasteiger partial charge is 0.357 e. The lowest BCUT2D eigenvalue weighted by Crippen LogP contribution is -2.51. The fourth-order valence-corrected chi connectivity index (χ4v) is 3.99. The molecule has 0 bridgehead atoms. The Morgan fingerprint density at radius 3 is 2.58 bits per heavy atom. The van der Waals surface area contributed by atoms with Crippen molar-refractivity contribution >= 4 is 11.9 Å². The Bertz CT molecular complexity index is 583. The van der Waals surface area contributed by atoms with Gasteiger partial charge in [0.1, 0.15) is 0 Å². The molecule has 3 N–H and O–H groups in total. The molecule has 26 heavy (non-hydrogen) atoms. The lowest BCUT2D eigenvalue weighted by molar-refractivity contribution is -0.122. The number of nitrogens with one attached hydrogen (secondary N) is 3. The Balaban J connectivity index is 1.46. The van der Waals surface area contributed by atoms with Crippen LogP contribution in [-0.4, -0.2) is 37.5 Å². The monoisotopic (exact) mass is 356 g/mol. The van der Waals surface area contributed by atoms with Gasteiger partial charge >= 0.3 is 0 Å². The van der Waals surface area contributed by atoms with Crippen LogP contribution in [0, 0.1) is 5.92 Å². The molecule has 1 atom stereocenters. The van der Waals surface area contributed by atoms with Crippen molar-refractivity contribution in [2.45, 2.75) is 57.4 Å². The topological polar surface area (TPSA) is 65.5 Å². The van der Waals surface area contributed by atoms with Crippen LogP contribution in [0.1, 0.15) is 56.9 Å². The number of hydrogen-bond donors (Lipinski definition) is 3. The highest BCUT2D eigenvalue weighted by molar-refractivity contribution is 5.81. The molecule has 2 fully saturated rings. The molecule has 5 nitrogen and oxygen atoms in total. The first-order chi connectivity index (χ1) is 12.7. The fourth-order valence-electron chi connectivity index (χ4n) is 3.99. The number of hydrogen-bond acceptors (Lipinski definition) is 2. The third-order valence-corrected chi connectivity index (χ3v) is 5.58. The van der Waals surface area contributed by atoms with Crippen molar-refractivity contribution in [2.24, 2.45) is 10.9 Å². The summed E-state index contributed by atoms with van der Waals surface area (Å²) in [5.74, 6) is 2.43. The van der Waals surface area contributed by atoms with E-state index >= 15 is 0 Å². The molecule has 0 aromatic heterocycles. The van der Waals surface area contributed by atoms with Gasteiger partial charge in [0.2, 0.25) is 5.91 Å². The number of guanidine groups is 1. The maximum atomic E-state index is 11.3. The third kappa shape index (κ3) is 5.48. The second kappa shape index (κ2) is 9.60. The molecule has 2 aliphatic rings. The quantitative estimate of drug-likeness (QED) is 0.561. The predicted molar refractivity (Wildman–Crippen MR) is 106 cm³/mol. The predicted octanol–water partition coefficient (Wildman–Crippen LogP) is 2.79. The van der Waals surface area contributed by atoms with Gasteiger partial charge in [-0.3, -0.25) is 9.79 Å². The Kier molecular flexibility index (Phi) is 6.92. The van der Waals surface area contributed by atoms with Crippen molar-refractivity contribution < 1.29 is 4.79 Å². The Labute approximate surface area is 157 Å². The van der Waals surface area contributed by atoms with Gasteiger partial charge in [-0.15, -0.1) is 0 Å². The summed E-state index contributed by atoms with van der Waals surface area (Å²) in [7, 11) is 0. The van der Waals surface area contributed by atoms with Gasteiger partial charge in [-0.2, -0.15) is 0 Å². The maximum Gasteiger partial charge on any atom is 0.220 e. The highest BCUT2D eigenvalue weighted by Gasteiger charge is 2.23. The van der Waals surface area contributed by atoms with Crippen LogP contribution < -0.4 is 16.0 Å². The molecule has 0 spiro atoms. The van der Waals surface area contributed by atoms with Gasteiger partial charge < -0.3 is 16.0 Å². The molecule has 3 rings (SSSR count). The number of carbonyl (C=O) groups excluding carboxylic acids is 1. The fraction of sp³-hybridized carbons (Fsp3) is 0.619. The van der Waals surface area contributed by atoms with E-state index in [1.165, 1.54) is 31.2 Å². The number of benzene rings is 1. The molecule has 0 radical (unpaired) electrons. The first-order valence-corrected chi connectivity index (χ1v) is 10.1. The third-order valence-electron chi connectivity index (χ3n) is 5.58. The summed E-state index contributed by atoms with van der Waals surface area (Å²) in [5, 5.41) is 9.74.